The van der Waals surface area contributed by atoms with E-state index in [9.17, 15) is 4.79 Å². The molecule has 2 aromatic rings. The quantitative estimate of drug-likeness (QED) is 0.769. The highest BCUT2D eigenvalue weighted by Gasteiger charge is 2.14. The third-order valence-electron chi connectivity index (χ3n) is 3.31. The van der Waals surface area contributed by atoms with Crippen LogP contribution in [0.25, 0.3) is 11.3 Å². The molecule has 116 valence electrons. The van der Waals surface area contributed by atoms with Crippen LogP contribution >= 0.6 is 22.9 Å². The first-order chi connectivity index (χ1) is 10.5. The lowest BCUT2D eigenvalue weighted by Crippen LogP contribution is -2.23. The van der Waals surface area contributed by atoms with Crippen molar-refractivity contribution in [3.8, 4) is 11.3 Å². The first-order valence-electron chi connectivity index (χ1n) is 6.97. The zero-order valence-electron chi connectivity index (χ0n) is 12.6. The molecule has 0 saturated heterocycles. The first-order valence-corrected chi connectivity index (χ1v) is 8.17. The Balaban J connectivity index is 2.37. The summed E-state index contributed by atoms with van der Waals surface area (Å²) in [4.78, 5) is 17.9. The van der Waals surface area contributed by atoms with Crippen LogP contribution < -0.4 is 4.87 Å². The zero-order chi connectivity index (χ0) is 16.1. The number of nitrogens with zero attached hydrogens (tertiary/aromatic N) is 1. The Morgan fingerprint density at radius 1 is 1.32 bits per heavy atom. The number of nitrogens with one attached hydrogen (secondary N) is 1. The van der Waals surface area contributed by atoms with E-state index < -0.39 is 0 Å². The fraction of sp³-hybridized carbons (Fsp3) is 0.235. The lowest BCUT2D eigenvalue weighted by molar-refractivity contribution is 0.331. The third kappa shape index (κ3) is 3.97. The van der Waals surface area contributed by atoms with E-state index in [1.54, 1.807) is 0 Å². The predicted octanol–water partition coefficient (Wildman–Crippen LogP) is 4.24. The molecule has 3 nitrogen and oxygen atoms in total. The van der Waals surface area contributed by atoms with Gasteiger partial charge in [0.15, 0.2) is 0 Å². The summed E-state index contributed by atoms with van der Waals surface area (Å²) in [7, 11) is 0. The average molecular weight is 335 g/mol. The lowest BCUT2D eigenvalue weighted by atomic mass is 10.1. The second-order valence-electron chi connectivity index (χ2n) is 5.05. The lowest BCUT2D eigenvalue weighted by Gasteiger charge is -2.18. The molecule has 0 saturated carbocycles. The highest BCUT2D eigenvalue weighted by atomic mass is 35.5. The molecule has 0 bridgehead atoms. The van der Waals surface area contributed by atoms with Gasteiger partial charge in [0.05, 0.1) is 5.69 Å². The minimum Gasteiger partial charge on any atom is -0.312 e. The van der Waals surface area contributed by atoms with Gasteiger partial charge in [-0.3, -0.25) is 9.69 Å². The molecule has 1 aromatic carbocycles. The van der Waals surface area contributed by atoms with E-state index in [-0.39, 0.29) is 4.87 Å². The topological polar surface area (TPSA) is 36.1 Å². The molecular formula is C17H19ClN2OS. The molecule has 1 aromatic heterocycles. The number of thiazole rings is 1. The fourth-order valence-corrected chi connectivity index (χ4v) is 3.29. The van der Waals surface area contributed by atoms with Crippen molar-refractivity contribution in [2.75, 3.05) is 13.1 Å². The molecule has 0 aliphatic rings. The van der Waals surface area contributed by atoms with E-state index in [1.807, 2.05) is 37.3 Å². The number of aromatic nitrogens is 1. The van der Waals surface area contributed by atoms with Crippen molar-refractivity contribution in [2.24, 2.45) is 0 Å². The van der Waals surface area contributed by atoms with Crippen molar-refractivity contribution in [2.45, 2.75) is 13.5 Å². The van der Waals surface area contributed by atoms with Crippen LogP contribution in [0.4, 0.5) is 0 Å². The van der Waals surface area contributed by atoms with Gasteiger partial charge in [0.2, 0.25) is 0 Å². The Bertz CT molecular complexity index is 723. The van der Waals surface area contributed by atoms with Gasteiger partial charge in [0.1, 0.15) is 0 Å². The molecule has 0 unspecified atom stereocenters. The van der Waals surface area contributed by atoms with Crippen molar-refractivity contribution in [3.63, 3.8) is 0 Å². The minimum absolute atomic E-state index is 0.0465. The van der Waals surface area contributed by atoms with E-state index in [0.29, 0.717) is 6.54 Å². The number of rotatable bonds is 7. The summed E-state index contributed by atoms with van der Waals surface area (Å²) in [5, 5.41) is 0.725. The number of hydrogen-bond acceptors (Lipinski definition) is 3. The molecule has 1 N–H and O–H groups in total. The van der Waals surface area contributed by atoms with Gasteiger partial charge < -0.3 is 4.98 Å². The number of aryl methyl sites for hydroxylation is 1. The molecule has 22 heavy (non-hydrogen) atoms. The summed E-state index contributed by atoms with van der Waals surface area (Å²) < 4.78 is 0. The van der Waals surface area contributed by atoms with Gasteiger partial charge in [-0.15, -0.1) is 13.2 Å². The summed E-state index contributed by atoms with van der Waals surface area (Å²) in [6.07, 6.45) is 3.70. The van der Waals surface area contributed by atoms with Crippen LogP contribution in [0.3, 0.4) is 0 Å². The van der Waals surface area contributed by atoms with Gasteiger partial charge in [-0.25, -0.2) is 0 Å². The number of H-pyrrole nitrogens is 1. The standard InChI is InChI=1S/C17H19ClN2OS/c1-4-8-20(9-5-2)11-15-16(19-17(21)22-15)13-6-7-14(18)12(3)10-13/h4-7,10H,1-2,8-9,11H2,3H3,(H,19,21). The number of aromatic amines is 1. The maximum absolute atomic E-state index is 11.8. The highest BCUT2D eigenvalue weighted by Crippen LogP contribution is 2.28. The van der Waals surface area contributed by atoms with E-state index in [4.69, 9.17) is 11.6 Å². The Kier molecular flexibility index (Phi) is 5.77. The minimum atomic E-state index is -0.0465. The normalized spacial score (nSPS) is 10.9. The molecule has 1 heterocycles. The first kappa shape index (κ1) is 16.7. The van der Waals surface area contributed by atoms with E-state index in [0.717, 1.165) is 39.8 Å². The van der Waals surface area contributed by atoms with E-state index in [2.05, 4.69) is 23.0 Å². The van der Waals surface area contributed by atoms with Crippen molar-refractivity contribution in [1.82, 2.24) is 9.88 Å². The van der Waals surface area contributed by atoms with Gasteiger partial charge in [-0.2, -0.15) is 0 Å². The average Bonchev–Trinajstić information content (AvgIpc) is 2.83. The zero-order valence-corrected chi connectivity index (χ0v) is 14.1. The number of benzene rings is 1. The third-order valence-corrected chi connectivity index (χ3v) is 4.60. The van der Waals surface area contributed by atoms with Crippen molar-refractivity contribution in [3.05, 3.63) is 68.6 Å². The molecule has 0 aliphatic carbocycles. The molecule has 5 heteroatoms. The van der Waals surface area contributed by atoms with Gasteiger partial charge in [-0.05, 0) is 30.2 Å². The molecule has 0 spiro atoms. The summed E-state index contributed by atoms with van der Waals surface area (Å²) in [6.45, 7) is 11.7. The van der Waals surface area contributed by atoms with Gasteiger partial charge in [0.25, 0.3) is 0 Å². The molecular weight excluding hydrogens is 316 g/mol. The van der Waals surface area contributed by atoms with Crippen molar-refractivity contribution < 1.29 is 0 Å². The van der Waals surface area contributed by atoms with Crippen LogP contribution in [-0.4, -0.2) is 23.0 Å². The molecule has 0 fully saturated rings. The van der Waals surface area contributed by atoms with Crippen molar-refractivity contribution >= 4 is 22.9 Å². The second-order valence-corrected chi connectivity index (χ2v) is 6.52. The SMILES string of the molecule is C=CCN(CC=C)Cc1sc(=O)[nH]c1-c1ccc(Cl)c(C)c1. The Hall–Kier alpha value is -1.62. The van der Waals surface area contributed by atoms with Crippen LogP contribution in [0.2, 0.25) is 5.02 Å². The molecule has 0 aliphatic heterocycles. The molecule has 0 radical (unpaired) electrons. The maximum atomic E-state index is 11.8. The van der Waals surface area contributed by atoms with Gasteiger partial charge in [-0.1, -0.05) is 41.2 Å². The molecule has 2 rings (SSSR count). The monoisotopic (exact) mass is 334 g/mol. The van der Waals surface area contributed by atoms with Crippen LogP contribution in [0.1, 0.15) is 10.4 Å². The molecule has 0 amide bonds. The fourth-order valence-electron chi connectivity index (χ4n) is 2.28. The van der Waals surface area contributed by atoms with Crippen molar-refractivity contribution in [1.29, 1.82) is 0 Å². The summed E-state index contributed by atoms with van der Waals surface area (Å²) in [5.74, 6) is 0. The van der Waals surface area contributed by atoms with Crippen LogP contribution in [-0.2, 0) is 6.54 Å². The van der Waals surface area contributed by atoms with E-state index >= 15 is 0 Å². The predicted molar refractivity (Wildman–Crippen MR) is 95.8 cm³/mol. The summed E-state index contributed by atoms with van der Waals surface area (Å²) in [5.41, 5.74) is 2.84. The van der Waals surface area contributed by atoms with E-state index in [1.165, 1.54) is 11.3 Å². The number of halogens is 1. The smallest absolute Gasteiger partial charge is 0.305 e. The molecule has 0 atom stereocenters. The Labute approximate surface area is 139 Å². The number of hydrogen-bond donors (Lipinski definition) is 1. The van der Waals surface area contributed by atoms with Gasteiger partial charge in [0, 0.05) is 29.5 Å². The summed E-state index contributed by atoms with van der Waals surface area (Å²) in [6, 6.07) is 5.79. The maximum Gasteiger partial charge on any atom is 0.305 e. The van der Waals surface area contributed by atoms with Crippen LogP contribution in [0, 0.1) is 6.92 Å². The second kappa shape index (κ2) is 7.58. The van der Waals surface area contributed by atoms with Gasteiger partial charge >= 0.3 is 4.87 Å². The van der Waals surface area contributed by atoms with Crippen LogP contribution in [0.15, 0.2) is 48.3 Å². The Morgan fingerprint density at radius 2 is 2.00 bits per heavy atom. The summed E-state index contributed by atoms with van der Waals surface area (Å²) >= 11 is 7.33. The van der Waals surface area contributed by atoms with Crippen LogP contribution in [0.5, 0.6) is 0 Å². The highest BCUT2D eigenvalue weighted by molar-refractivity contribution is 7.09. The Morgan fingerprint density at radius 3 is 2.59 bits per heavy atom. The largest absolute Gasteiger partial charge is 0.312 e.